The van der Waals surface area contributed by atoms with Gasteiger partial charge >= 0.3 is 0 Å². The van der Waals surface area contributed by atoms with Gasteiger partial charge in [0.05, 0.1) is 11.5 Å². The predicted molar refractivity (Wildman–Crippen MR) is 123 cm³/mol. The third kappa shape index (κ3) is 4.21. The summed E-state index contributed by atoms with van der Waals surface area (Å²) >= 11 is 1.80. The minimum atomic E-state index is -0.354. The highest BCUT2D eigenvalue weighted by Crippen LogP contribution is 2.41. The van der Waals surface area contributed by atoms with Crippen LogP contribution in [0.3, 0.4) is 0 Å². The van der Waals surface area contributed by atoms with Crippen LogP contribution in [0.25, 0.3) is 0 Å². The van der Waals surface area contributed by atoms with Crippen molar-refractivity contribution in [3.63, 3.8) is 0 Å². The van der Waals surface area contributed by atoms with Crippen LogP contribution in [0.4, 0.5) is 11.4 Å². The van der Waals surface area contributed by atoms with Gasteiger partial charge in [0.2, 0.25) is 0 Å². The molecule has 2 aliphatic heterocycles. The molecule has 0 bridgehead atoms. The SMILES string of the molecule is O=[N+]([O-])c1ccc(N2CCN(CC3OCC(c4ccccc4)c4ccsc43)CC2)cc1. The Morgan fingerprint density at radius 2 is 1.74 bits per heavy atom. The van der Waals surface area contributed by atoms with Gasteiger partial charge in [-0.1, -0.05) is 30.3 Å². The van der Waals surface area contributed by atoms with Gasteiger partial charge in [0, 0.05) is 61.3 Å². The number of hydrogen-bond acceptors (Lipinski definition) is 6. The number of rotatable bonds is 5. The Labute approximate surface area is 185 Å². The highest BCUT2D eigenvalue weighted by molar-refractivity contribution is 7.10. The number of nitro benzene ring substituents is 1. The Morgan fingerprint density at radius 1 is 1.00 bits per heavy atom. The largest absolute Gasteiger partial charge is 0.370 e. The van der Waals surface area contributed by atoms with E-state index in [4.69, 9.17) is 4.74 Å². The molecular formula is C24H25N3O3S. The molecule has 0 spiro atoms. The van der Waals surface area contributed by atoms with Crippen molar-refractivity contribution in [2.45, 2.75) is 12.0 Å². The van der Waals surface area contributed by atoms with Crippen LogP contribution in [0.15, 0.2) is 66.0 Å². The smallest absolute Gasteiger partial charge is 0.269 e. The van der Waals surface area contributed by atoms with Gasteiger partial charge in [-0.15, -0.1) is 11.3 Å². The van der Waals surface area contributed by atoms with Crippen LogP contribution in [-0.4, -0.2) is 49.2 Å². The summed E-state index contributed by atoms with van der Waals surface area (Å²) in [6, 6.07) is 19.7. The first-order valence-electron chi connectivity index (χ1n) is 10.6. The van der Waals surface area contributed by atoms with E-state index in [1.54, 1.807) is 23.5 Å². The highest BCUT2D eigenvalue weighted by atomic mass is 32.1. The van der Waals surface area contributed by atoms with Gasteiger partial charge in [-0.25, -0.2) is 0 Å². The Kier molecular flexibility index (Phi) is 5.72. The molecule has 0 amide bonds. The third-order valence-electron chi connectivity index (χ3n) is 6.28. The summed E-state index contributed by atoms with van der Waals surface area (Å²) in [6.07, 6.45) is 0.126. The summed E-state index contributed by atoms with van der Waals surface area (Å²) < 4.78 is 6.37. The van der Waals surface area contributed by atoms with Crippen molar-refractivity contribution in [2.75, 3.05) is 44.2 Å². The van der Waals surface area contributed by atoms with Crippen molar-refractivity contribution in [1.29, 1.82) is 0 Å². The molecule has 7 heteroatoms. The number of hydrogen-bond donors (Lipinski definition) is 0. The second-order valence-corrected chi connectivity index (χ2v) is 9.03. The first kappa shape index (κ1) is 20.2. The van der Waals surface area contributed by atoms with Crippen molar-refractivity contribution in [3.8, 4) is 0 Å². The van der Waals surface area contributed by atoms with E-state index >= 15 is 0 Å². The lowest BCUT2D eigenvalue weighted by atomic mass is 9.89. The Hall–Kier alpha value is -2.74. The molecule has 6 nitrogen and oxygen atoms in total. The molecule has 31 heavy (non-hydrogen) atoms. The average Bonchev–Trinajstić information content (AvgIpc) is 3.31. The van der Waals surface area contributed by atoms with Crippen LogP contribution >= 0.6 is 11.3 Å². The van der Waals surface area contributed by atoms with Crippen LogP contribution in [0.2, 0.25) is 0 Å². The number of fused-ring (bicyclic) bond motifs is 1. The summed E-state index contributed by atoms with van der Waals surface area (Å²) in [5.74, 6) is 0.317. The molecule has 3 heterocycles. The molecule has 0 radical (unpaired) electrons. The van der Waals surface area contributed by atoms with E-state index in [1.807, 2.05) is 12.1 Å². The zero-order valence-electron chi connectivity index (χ0n) is 17.2. The third-order valence-corrected chi connectivity index (χ3v) is 7.31. The standard InChI is InChI=1S/C24H25N3O3S/c28-27(29)20-8-6-19(7-9-20)26-13-11-25(12-14-26)16-23-24-21(10-15-31-24)22(17-30-23)18-4-2-1-3-5-18/h1-10,15,22-23H,11-14,16-17H2. The van der Waals surface area contributed by atoms with Crippen molar-refractivity contribution >= 4 is 22.7 Å². The predicted octanol–water partition coefficient (Wildman–Crippen LogP) is 4.68. The summed E-state index contributed by atoms with van der Waals surface area (Å²) in [5, 5.41) is 13.1. The fraction of sp³-hybridized carbons (Fsp3) is 0.333. The molecule has 5 rings (SSSR count). The lowest BCUT2D eigenvalue weighted by molar-refractivity contribution is -0.384. The van der Waals surface area contributed by atoms with Gasteiger partial charge in [0.15, 0.2) is 0 Å². The molecule has 1 aromatic heterocycles. The van der Waals surface area contributed by atoms with Crippen molar-refractivity contribution in [2.24, 2.45) is 0 Å². The lowest BCUT2D eigenvalue weighted by Crippen LogP contribution is -2.48. The number of thiophene rings is 1. The van der Waals surface area contributed by atoms with Crippen LogP contribution in [-0.2, 0) is 4.74 Å². The maximum Gasteiger partial charge on any atom is 0.269 e. The second kappa shape index (κ2) is 8.78. The Bertz CT molecular complexity index is 1030. The zero-order chi connectivity index (χ0) is 21.2. The molecule has 0 saturated carbocycles. The summed E-state index contributed by atoms with van der Waals surface area (Å²) in [5.41, 5.74) is 3.91. The number of non-ortho nitro benzene ring substituents is 1. The fourth-order valence-corrected chi connectivity index (χ4v) is 5.57. The first-order chi connectivity index (χ1) is 15.2. The molecule has 2 unspecified atom stereocenters. The second-order valence-electron chi connectivity index (χ2n) is 8.09. The van der Waals surface area contributed by atoms with Gasteiger partial charge in [-0.3, -0.25) is 15.0 Å². The van der Waals surface area contributed by atoms with Crippen molar-refractivity contribution < 1.29 is 9.66 Å². The molecule has 0 aliphatic carbocycles. The van der Waals surface area contributed by atoms with E-state index in [-0.39, 0.29) is 16.7 Å². The minimum absolute atomic E-state index is 0.126. The van der Waals surface area contributed by atoms with E-state index < -0.39 is 0 Å². The maximum atomic E-state index is 10.9. The number of nitro groups is 1. The molecule has 2 aliphatic rings. The normalized spacial score (nSPS) is 21.6. The zero-order valence-corrected chi connectivity index (χ0v) is 18.0. The van der Waals surface area contributed by atoms with E-state index in [2.05, 4.69) is 51.6 Å². The molecular weight excluding hydrogens is 410 g/mol. The number of anilines is 1. The summed E-state index contributed by atoms with van der Waals surface area (Å²) in [4.78, 5) is 16.6. The quantitative estimate of drug-likeness (QED) is 0.430. The molecule has 3 aromatic rings. The number of nitrogens with zero attached hydrogens (tertiary/aromatic N) is 3. The monoisotopic (exact) mass is 435 g/mol. The van der Waals surface area contributed by atoms with Crippen molar-refractivity contribution in [3.05, 3.63) is 92.2 Å². The topological polar surface area (TPSA) is 58.9 Å². The van der Waals surface area contributed by atoms with Crippen LogP contribution in [0.5, 0.6) is 0 Å². The summed E-state index contributed by atoms with van der Waals surface area (Å²) in [6.45, 7) is 5.37. The van der Waals surface area contributed by atoms with E-state index in [0.29, 0.717) is 5.92 Å². The van der Waals surface area contributed by atoms with Crippen molar-refractivity contribution in [1.82, 2.24) is 4.90 Å². The minimum Gasteiger partial charge on any atom is -0.370 e. The van der Waals surface area contributed by atoms with E-state index in [9.17, 15) is 10.1 Å². The molecule has 2 atom stereocenters. The number of piperazine rings is 1. The Balaban J connectivity index is 1.21. The number of benzene rings is 2. The molecule has 1 fully saturated rings. The Morgan fingerprint density at radius 3 is 2.45 bits per heavy atom. The van der Waals surface area contributed by atoms with Gasteiger partial charge in [-0.05, 0) is 34.7 Å². The van der Waals surface area contributed by atoms with Gasteiger partial charge in [0.1, 0.15) is 6.10 Å². The van der Waals surface area contributed by atoms with E-state index in [1.165, 1.54) is 16.0 Å². The van der Waals surface area contributed by atoms with E-state index in [0.717, 1.165) is 45.0 Å². The average molecular weight is 436 g/mol. The molecule has 160 valence electrons. The fourth-order valence-electron chi connectivity index (χ4n) is 4.56. The molecule has 1 saturated heterocycles. The highest BCUT2D eigenvalue weighted by Gasteiger charge is 2.32. The maximum absolute atomic E-state index is 10.9. The lowest BCUT2D eigenvalue weighted by Gasteiger charge is -2.39. The van der Waals surface area contributed by atoms with Gasteiger partial charge < -0.3 is 9.64 Å². The summed E-state index contributed by atoms with van der Waals surface area (Å²) in [7, 11) is 0. The first-order valence-corrected chi connectivity index (χ1v) is 11.5. The number of ether oxygens (including phenoxy) is 1. The molecule has 0 N–H and O–H groups in total. The molecule has 2 aromatic carbocycles. The van der Waals surface area contributed by atoms with Gasteiger partial charge in [0.25, 0.3) is 5.69 Å². The van der Waals surface area contributed by atoms with Crippen LogP contribution in [0, 0.1) is 10.1 Å². The van der Waals surface area contributed by atoms with Crippen LogP contribution < -0.4 is 4.90 Å². The van der Waals surface area contributed by atoms with Crippen LogP contribution in [0.1, 0.15) is 28.0 Å². The van der Waals surface area contributed by atoms with Gasteiger partial charge in [-0.2, -0.15) is 0 Å².